The first-order chi connectivity index (χ1) is 12.5. The van der Waals surface area contributed by atoms with E-state index in [1.165, 1.54) is 0 Å². The van der Waals surface area contributed by atoms with Crippen molar-refractivity contribution in [3.63, 3.8) is 0 Å². The Morgan fingerprint density at radius 3 is 2.69 bits per heavy atom. The number of ether oxygens (including phenoxy) is 1. The third kappa shape index (κ3) is 3.72. The first kappa shape index (κ1) is 18.0. The zero-order chi connectivity index (χ0) is 18.7. The Labute approximate surface area is 154 Å². The van der Waals surface area contributed by atoms with Gasteiger partial charge < -0.3 is 15.0 Å². The van der Waals surface area contributed by atoms with Crippen molar-refractivity contribution in [2.45, 2.75) is 26.2 Å². The number of nitrogens with zero attached hydrogens (tertiary/aromatic N) is 1. The second kappa shape index (κ2) is 7.60. The summed E-state index contributed by atoms with van der Waals surface area (Å²) in [6.07, 6.45) is 0.215. The molecule has 1 aliphatic heterocycles. The van der Waals surface area contributed by atoms with Crippen LogP contribution in [0.4, 0.5) is 11.4 Å². The molecule has 1 N–H and O–H groups in total. The van der Waals surface area contributed by atoms with Gasteiger partial charge in [0, 0.05) is 30.4 Å². The molecule has 1 atom stereocenters. The maximum Gasteiger partial charge on any atom is 0.229 e. The number of nitrogens with one attached hydrogen (secondary N) is 1. The second-order valence-corrected chi connectivity index (χ2v) is 6.84. The lowest BCUT2D eigenvalue weighted by atomic mass is 10.0. The Balaban J connectivity index is 1.73. The minimum Gasteiger partial charge on any atom is -0.497 e. The van der Waals surface area contributed by atoms with Gasteiger partial charge in [-0.1, -0.05) is 38.1 Å². The van der Waals surface area contributed by atoms with Gasteiger partial charge >= 0.3 is 0 Å². The lowest BCUT2D eigenvalue weighted by Crippen LogP contribution is -2.28. The molecular formula is C21H24N2O3. The molecule has 1 heterocycles. The highest BCUT2D eigenvalue weighted by atomic mass is 16.5. The number of anilines is 2. The summed E-state index contributed by atoms with van der Waals surface area (Å²) in [6, 6.07) is 15.1. The van der Waals surface area contributed by atoms with Crippen molar-refractivity contribution < 1.29 is 14.3 Å². The lowest BCUT2D eigenvalue weighted by Gasteiger charge is -2.18. The van der Waals surface area contributed by atoms with E-state index in [9.17, 15) is 9.59 Å². The van der Waals surface area contributed by atoms with Crippen LogP contribution in [0.15, 0.2) is 48.5 Å². The van der Waals surface area contributed by atoms with Gasteiger partial charge in [0.15, 0.2) is 0 Å². The van der Waals surface area contributed by atoms with Crippen LogP contribution < -0.4 is 15.0 Å². The number of carbonyl (C=O) groups excluding carboxylic acids is 2. The van der Waals surface area contributed by atoms with Gasteiger partial charge in [-0.15, -0.1) is 0 Å². The van der Waals surface area contributed by atoms with Gasteiger partial charge in [-0.2, -0.15) is 0 Å². The van der Waals surface area contributed by atoms with Gasteiger partial charge in [0.2, 0.25) is 11.8 Å². The molecule has 1 unspecified atom stereocenters. The lowest BCUT2D eigenvalue weighted by molar-refractivity contribution is -0.122. The molecule has 26 heavy (non-hydrogen) atoms. The Morgan fingerprint density at radius 1 is 1.19 bits per heavy atom. The quantitative estimate of drug-likeness (QED) is 0.890. The van der Waals surface area contributed by atoms with Crippen molar-refractivity contribution in [3.05, 3.63) is 54.1 Å². The van der Waals surface area contributed by atoms with Crippen molar-refractivity contribution in [3.8, 4) is 5.75 Å². The molecule has 0 spiro atoms. The average molecular weight is 352 g/mol. The zero-order valence-corrected chi connectivity index (χ0v) is 15.4. The molecule has 1 aliphatic rings. The summed E-state index contributed by atoms with van der Waals surface area (Å²) in [5.74, 6) is 0.473. The number of para-hydroxylation sites is 1. The van der Waals surface area contributed by atoms with E-state index in [1.54, 1.807) is 12.0 Å². The molecule has 1 fully saturated rings. The third-order valence-electron chi connectivity index (χ3n) is 4.70. The summed E-state index contributed by atoms with van der Waals surface area (Å²) in [5.41, 5.74) is 2.67. The molecule has 5 heteroatoms. The molecule has 2 amide bonds. The van der Waals surface area contributed by atoms with Gasteiger partial charge in [0.1, 0.15) is 5.75 Å². The minimum absolute atomic E-state index is 0.0458. The maximum absolute atomic E-state index is 12.7. The first-order valence-electron chi connectivity index (χ1n) is 8.83. The number of benzene rings is 2. The number of carbonyl (C=O) groups is 2. The molecule has 5 nitrogen and oxygen atoms in total. The molecule has 0 bridgehead atoms. The van der Waals surface area contributed by atoms with Gasteiger partial charge in [-0.25, -0.2) is 0 Å². The predicted octanol–water partition coefficient (Wildman–Crippen LogP) is 3.81. The van der Waals surface area contributed by atoms with Crippen molar-refractivity contribution in [1.29, 1.82) is 0 Å². The fourth-order valence-corrected chi connectivity index (χ4v) is 3.26. The topological polar surface area (TPSA) is 58.6 Å². The Kier molecular flexibility index (Phi) is 5.26. The van der Waals surface area contributed by atoms with E-state index in [2.05, 4.69) is 19.2 Å². The number of rotatable bonds is 5. The number of hydrogen-bond donors (Lipinski definition) is 1. The van der Waals surface area contributed by atoms with Crippen molar-refractivity contribution in [2.75, 3.05) is 23.9 Å². The van der Waals surface area contributed by atoms with E-state index < -0.39 is 0 Å². The Morgan fingerprint density at radius 2 is 1.96 bits per heavy atom. The Bertz CT molecular complexity index is 816. The van der Waals surface area contributed by atoms with Crippen LogP contribution in [0, 0.1) is 5.92 Å². The number of amides is 2. The fraction of sp³-hybridized carbons (Fsp3) is 0.333. The number of hydrogen-bond acceptors (Lipinski definition) is 3. The molecule has 0 saturated carbocycles. The molecule has 2 aromatic rings. The van der Waals surface area contributed by atoms with Crippen LogP contribution in [-0.2, 0) is 9.59 Å². The molecular weight excluding hydrogens is 328 g/mol. The van der Waals surface area contributed by atoms with Gasteiger partial charge in [-0.3, -0.25) is 9.59 Å². The second-order valence-electron chi connectivity index (χ2n) is 6.84. The molecule has 0 aliphatic carbocycles. The third-order valence-corrected chi connectivity index (χ3v) is 4.70. The van der Waals surface area contributed by atoms with Crippen LogP contribution in [0.2, 0.25) is 0 Å². The summed E-state index contributed by atoms with van der Waals surface area (Å²) >= 11 is 0. The average Bonchev–Trinajstić information content (AvgIpc) is 3.04. The van der Waals surface area contributed by atoms with E-state index in [4.69, 9.17) is 4.74 Å². The first-order valence-corrected chi connectivity index (χ1v) is 8.83. The maximum atomic E-state index is 12.7. The largest absolute Gasteiger partial charge is 0.497 e. The molecule has 1 saturated heterocycles. The van der Waals surface area contributed by atoms with Gasteiger partial charge in [-0.05, 0) is 29.7 Å². The van der Waals surface area contributed by atoms with Crippen LogP contribution in [-0.4, -0.2) is 25.5 Å². The van der Waals surface area contributed by atoms with Crippen molar-refractivity contribution >= 4 is 23.2 Å². The van der Waals surface area contributed by atoms with Crippen molar-refractivity contribution in [2.24, 2.45) is 5.92 Å². The van der Waals surface area contributed by atoms with Gasteiger partial charge in [0.05, 0.1) is 13.0 Å². The Hall–Kier alpha value is -2.82. The smallest absolute Gasteiger partial charge is 0.229 e. The highest BCUT2D eigenvalue weighted by molar-refractivity contribution is 6.03. The zero-order valence-electron chi connectivity index (χ0n) is 15.4. The predicted molar refractivity (Wildman–Crippen MR) is 103 cm³/mol. The monoisotopic (exact) mass is 352 g/mol. The van der Waals surface area contributed by atoms with E-state index >= 15 is 0 Å². The standard InChI is InChI=1S/C21H24N2O3/c1-14(2)18-9-4-5-10-19(18)22-21(25)15-11-20(24)23(13-15)16-7-6-8-17(12-16)26-3/h4-10,12,14-15H,11,13H2,1-3H3,(H,22,25). The highest BCUT2D eigenvalue weighted by Crippen LogP contribution is 2.29. The molecule has 0 radical (unpaired) electrons. The SMILES string of the molecule is COc1cccc(N2CC(C(=O)Nc3ccccc3C(C)C)CC2=O)c1. The molecule has 2 aromatic carbocycles. The van der Waals surface area contributed by atoms with Gasteiger partial charge in [0.25, 0.3) is 0 Å². The molecule has 3 rings (SSSR count). The summed E-state index contributed by atoms with van der Waals surface area (Å²) in [7, 11) is 1.59. The van der Waals surface area contributed by atoms with E-state index in [0.29, 0.717) is 18.2 Å². The van der Waals surface area contributed by atoms with Crippen LogP contribution in [0.1, 0.15) is 31.7 Å². The summed E-state index contributed by atoms with van der Waals surface area (Å²) < 4.78 is 5.22. The highest BCUT2D eigenvalue weighted by Gasteiger charge is 2.35. The van der Waals surface area contributed by atoms with Crippen molar-refractivity contribution in [1.82, 2.24) is 0 Å². The summed E-state index contributed by atoms with van der Waals surface area (Å²) in [6.45, 7) is 4.56. The van der Waals surface area contributed by atoms with Crippen LogP contribution in [0.3, 0.4) is 0 Å². The van der Waals surface area contributed by atoms with Crippen LogP contribution in [0.25, 0.3) is 0 Å². The molecule has 0 aromatic heterocycles. The molecule has 136 valence electrons. The number of methoxy groups -OCH3 is 1. The van der Waals surface area contributed by atoms with Crippen LogP contribution >= 0.6 is 0 Å². The van der Waals surface area contributed by atoms with E-state index in [1.807, 2.05) is 48.5 Å². The van der Waals surface area contributed by atoms with E-state index in [-0.39, 0.29) is 24.2 Å². The van der Waals surface area contributed by atoms with E-state index in [0.717, 1.165) is 16.9 Å². The van der Waals surface area contributed by atoms with Crippen LogP contribution in [0.5, 0.6) is 5.75 Å². The normalized spacial score (nSPS) is 16.8. The minimum atomic E-state index is -0.367. The summed E-state index contributed by atoms with van der Waals surface area (Å²) in [5, 5.41) is 3.01. The fourth-order valence-electron chi connectivity index (χ4n) is 3.26. The summed E-state index contributed by atoms with van der Waals surface area (Å²) in [4.78, 5) is 26.8.